The Kier molecular flexibility index (Phi) is 4.00. The smallest absolute Gasteiger partial charge is 0.141 e. The number of halogens is 1. The fourth-order valence-electron chi connectivity index (χ4n) is 1.88. The standard InChI is InChI=1S/C15H16FNOS/c1-10-3-4-11(2)12(7-10)9-19(18)15-6-5-13(17)8-14(15)16/h3-8H,9,17H2,1-2H3. The average Bonchev–Trinajstić information content (AvgIpc) is 2.33. The Labute approximate surface area is 114 Å². The molecule has 2 aromatic rings. The van der Waals surface area contributed by atoms with E-state index >= 15 is 0 Å². The monoisotopic (exact) mass is 277 g/mol. The molecule has 1 unspecified atom stereocenters. The van der Waals surface area contributed by atoms with E-state index in [0.29, 0.717) is 11.4 Å². The highest BCUT2D eigenvalue weighted by atomic mass is 32.2. The highest BCUT2D eigenvalue weighted by molar-refractivity contribution is 7.84. The summed E-state index contributed by atoms with van der Waals surface area (Å²) in [5, 5.41) is 0. The number of anilines is 1. The highest BCUT2D eigenvalue weighted by Crippen LogP contribution is 2.20. The molecular weight excluding hydrogens is 261 g/mol. The maximum absolute atomic E-state index is 13.7. The van der Waals surface area contributed by atoms with Gasteiger partial charge in [0.05, 0.1) is 21.4 Å². The van der Waals surface area contributed by atoms with Crippen molar-refractivity contribution >= 4 is 16.5 Å². The Bertz CT molecular complexity index is 640. The Hall–Kier alpha value is -1.68. The second-order valence-corrected chi connectivity index (χ2v) is 6.03. The lowest BCUT2D eigenvalue weighted by Gasteiger charge is -2.08. The van der Waals surface area contributed by atoms with Gasteiger partial charge in [-0.25, -0.2) is 4.39 Å². The molecule has 0 saturated carbocycles. The van der Waals surface area contributed by atoms with Crippen molar-refractivity contribution in [2.24, 2.45) is 0 Å². The molecule has 0 aliphatic heterocycles. The molecule has 0 spiro atoms. The average molecular weight is 277 g/mol. The van der Waals surface area contributed by atoms with E-state index in [4.69, 9.17) is 5.73 Å². The zero-order valence-corrected chi connectivity index (χ0v) is 11.8. The third kappa shape index (κ3) is 3.20. The van der Waals surface area contributed by atoms with Crippen LogP contribution in [-0.2, 0) is 16.6 Å². The molecule has 19 heavy (non-hydrogen) atoms. The SMILES string of the molecule is Cc1ccc(C)c(CS(=O)c2ccc(N)cc2F)c1. The third-order valence-corrected chi connectivity index (χ3v) is 4.39. The number of rotatable bonds is 3. The number of aryl methyl sites for hydroxylation is 2. The van der Waals surface area contributed by atoms with Crippen molar-refractivity contribution in [3.05, 3.63) is 58.9 Å². The molecule has 0 aliphatic rings. The fourth-order valence-corrected chi connectivity index (χ4v) is 3.12. The summed E-state index contributed by atoms with van der Waals surface area (Å²) in [6.07, 6.45) is 0. The number of nitrogens with two attached hydrogens (primary N) is 1. The number of hydrogen-bond donors (Lipinski definition) is 1. The minimum absolute atomic E-state index is 0.204. The first kappa shape index (κ1) is 13.7. The molecule has 0 amide bonds. The lowest BCUT2D eigenvalue weighted by molar-refractivity contribution is 0.596. The summed E-state index contributed by atoms with van der Waals surface area (Å²) in [5.74, 6) is -0.197. The van der Waals surface area contributed by atoms with E-state index in [2.05, 4.69) is 0 Å². The summed E-state index contributed by atoms with van der Waals surface area (Å²) in [7, 11) is -1.40. The first-order chi connectivity index (χ1) is 8.97. The van der Waals surface area contributed by atoms with Crippen LogP contribution in [0.1, 0.15) is 16.7 Å². The van der Waals surface area contributed by atoms with Crippen LogP contribution in [0.5, 0.6) is 0 Å². The summed E-state index contributed by atoms with van der Waals surface area (Å²) in [6, 6.07) is 10.2. The zero-order valence-electron chi connectivity index (χ0n) is 10.9. The number of nitrogen functional groups attached to an aromatic ring is 1. The lowest BCUT2D eigenvalue weighted by atomic mass is 10.1. The first-order valence-electron chi connectivity index (χ1n) is 5.97. The molecule has 2 aromatic carbocycles. The fraction of sp³-hybridized carbons (Fsp3) is 0.200. The van der Waals surface area contributed by atoms with Crippen LogP contribution in [0.3, 0.4) is 0 Å². The van der Waals surface area contributed by atoms with Gasteiger partial charge in [-0.05, 0) is 43.2 Å². The van der Waals surface area contributed by atoms with Crippen molar-refractivity contribution in [3.63, 3.8) is 0 Å². The molecule has 0 aromatic heterocycles. The van der Waals surface area contributed by atoms with Crippen molar-refractivity contribution in [2.45, 2.75) is 24.5 Å². The van der Waals surface area contributed by atoms with Crippen LogP contribution in [0.4, 0.5) is 10.1 Å². The molecule has 0 heterocycles. The second-order valence-electron chi connectivity index (χ2n) is 4.61. The summed E-state index contributed by atoms with van der Waals surface area (Å²) in [4.78, 5) is 0.204. The zero-order chi connectivity index (χ0) is 14.0. The normalized spacial score (nSPS) is 12.4. The maximum Gasteiger partial charge on any atom is 0.141 e. The minimum Gasteiger partial charge on any atom is -0.399 e. The van der Waals surface area contributed by atoms with Crippen LogP contribution in [0.15, 0.2) is 41.3 Å². The quantitative estimate of drug-likeness (QED) is 0.874. The van der Waals surface area contributed by atoms with E-state index in [0.717, 1.165) is 16.7 Å². The van der Waals surface area contributed by atoms with E-state index in [-0.39, 0.29) is 4.90 Å². The summed E-state index contributed by atoms with van der Waals surface area (Å²) in [6.45, 7) is 3.95. The molecule has 0 bridgehead atoms. The largest absolute Gasteiger partial charge is 0.399 e. The molecule has 4 heteroatoms. The van der Waals surface area contributed by atoms with E-state index in [1.165, 1.54) is 12.1 Å². The van der Waals surface area contributed by atoms with Crippen molar-refractivity contribution in [1.82, 2.24) is 0 Å². The number of hydrogen-bond acceptors (Lipinski definition) is 2. The predicted molar refractivity (Wildman–Crippen MR) is 76.8 cm³/mol. The van der Waals surface area contributed by atoms with Crippen molar-refractivity contribution in [2.75, 3.05) is 5.73 Å². The minimum atomic E-state index is -1.40. The Balaban J connectivity index is 2.28. The highest BCUT2D eigenvalue weighted by Gasteiger charge is 2.12. The Morgan fingerprint density at radius 2 is 1.89 bits per heavy atom. The predicted octanol–water partition coefficient (Wildman–Crippen LogP) is 3.33. The van der Waals surface area contributed by atoms with Gasteiger partial charge in [-0.2, -0.15) is 0 Å². The summed E-state index contributed by atoms with van der Waals surface area (Å²) in [5.41, 5.74) is 8.98. The molecule has 2 nitrogen and oxygen atoms in total. The molecule has 1 atom stereocenters. The van der Waals surface area contributed by atoms with E-state index < -0.39 is 16.6 Å². The summed E-state index contributed by atoms with van der Waals surface area (Å²) < 4.78 is 26.0. The molecule has 100 valence electrons. The van der Waals surface area contributed by atoms with Crippen LogP contribution >= 0.6 is 0 Å². The Morgan fingerprint density at radius 3 is 2.58 bits per heavy atom. The van der Waals surface area contributed by atoms with Gasteiger partial charge in [0, 0.05) is 5.69 Å². The van der Waals surface area contributed by atoms with Gasteiger partial charge >= 0.3 is 0 Å². The summed E-state index contributed by atoms with van der Waals surface area (Å²) >= 11 is 0. The van der Waals surface area contributed by atoms with Crippen LogP contribution in [0, 0.1) is 19.7 Å². The van der Waals surface area contributed by atoms with Gasteiger partial charge in [-0.3, -0.25) is 4.21 Å². The molecule has 2 rings (SSSR count). The van der Waals surface area contributed by atoms with Gasteiger partial charge in [0.25, 0.3) is 0 Å². The number of benzene rings is 2. The Morgan fingerprint density at radius 1 is 1.16 bits per heavy atom. The van der Waals surface area contributed by atoms with Gasteiger partial charge < -0.3 is 5.73 Å². The van der Waals surface area contributed by atoms with Gasteiger partial charge in [0.15, 0.2) is 0 Å². The molecular formula is C15H16FNOS. The molecule has 0 radical (unpaired) electrons. The third-order valence-electron chi connectivity index (χ3n) is 2.99. The molecule has 0 aliphatic carbocycles. The van der Waals surface area contributed by atoms with Crippen LogP contribution in [0.25, 0.3) is 0 Å². The van der Waals surface area contributed by atoms with E-state index in [1.807, 2.05) is 32.0 Å². The van der Waals surface area contributed by atoms with Crippen LogP contribution in [-0.4, -0.2) is 4.21 Å². The van der Waals surface area contributed by atoms with Crippen LogP contribution in [0.2, 0.25) is 0 Å². The maximum atomic E-state index is 13.7. The van der Waals surface area contributed by atoms with E-state index in [1.54, 1.807) is 6.07 Å². The van der Waals surface area contributed by atoms with Gasteiger partial charge in [0.2, 0.25) is 0 Å². The van der Waals surface area contributed by atoms with Gasteiger partial charge in [0.1, 0.15) is 5.82 Å². The second kappa shape index (κ2) is 5.53. The van der Waals surface area contributed by atoms with Crippen molar-refractivity contribution in [1.29, 1.82) is 0 Å². The topological polar surface area (TPSA) is 43.1 Å². The molecule has 2 N–H and O–H groups in total. The van der Waals surface area contributed by atoms with Gasteiger partial charge in [-0.1, -0.05) is 23.8 Å². The van der Waals surface area contributed by atoms with Crippen LogP contribution < -0.4 is 5.73 Å². The van der Waals surface area contributed by atoms with E-state index in [9.17, 15) is 8.60 Å². The molecule has 0 fully saturated rings. The first-order valence-corrected chi connectivity index (χ1v) is 7.29. The van der Waals surface area contributed by atoms with Crippen molar-refractivity contribution in [3.8, 4) is 0 Å². The van der Waals surface area contributed by atoms with Crippen molar-refractivity contribution < 1.29 is 8.60 Å². The lowest BCUT2D eigenvalue weighted by Crippen LogP contribution is -2.02. The molecule has 0 saturated heterocycles. The van der Waals surface area contributed by atoms with Gasteiger partial charge in [-0.15, -0.1) is 0 Å².